The summed E-state index contributed by atoms with van der Waals surface area (Å²) in [5.74, 6) is -0.00694. The molecule has 0 saturated heterocycles. The maximum absolute atomic E-state index is 13.7. The highest BCUT2D eigenvalue weighted by Gasteiger charge is 2.26. The summed E-state index contributed by atoms with van der Waals surface area (Å²) < 4.78 is 13.7. The fraction of sp³-hybridized carbons (Fsp3) is 0.538. The van der Waals surface area contributed by atoms with Crippen LogP contribution in [0.5, 0.6) is 0 Å². The molecule has 15 heavy (non-hydrogen) atoms. The zero-order valence-corrected chi connectivity index (χ0v) is 9.15. The number of rotatable bonds is 0. The Balaban J connectivity index is 2.25. The van der Waals surface area contributed by atoms with Gasteiger partial charge >= 0.3 is 0 Å². The van der Waals surface area contributed by atoms with Gasteiger partial charge in [-0.3, -0.25) is 0 Å². The van der Waals surface area contributed by atoms with Crippen LogP contribution in [0.3, 0.4) is 0 Å². The van der Waals surface area contributed by atoms with Gasteiger partial charge in [-0.15, -0.1) is 0 Å². The van der Waals surface area contributed by atoms with Crippen molar-refractivity contribution in [1.82, 2.24) is 0 Å². The minimum atomic E-state index is -0.00694. The summed E-state index contributed by atoms with van der Waals surface area (Å²) in [6.07, 6.45) is 4.46. The lowest BCUT2D eigenvalue weighted by Crippen LogP contribution is -2.35. The number of aryl methyl sites for hydroxylation is 1. The van der Waals surface area contributed by atoms with Gasteiger partial charge in [-0.2, -0.15) is 0 Å². The van der Waals surface area contributed by atoms with Crippen LogP contribution in [0.15, 0.2) is 6.07 Å². The first-order chi connectivity index (χ1) is 7.27. The van der Waals surface area contributed by atoms with Crippen molar-refractivity contribution in [3.63, 3.8) is 0 Å². The van der Waals surface area contributed by atoms with Gasteiger partial charge in [0.25, 0.3) is 0 Å². The van der Waals surface area contributed by atoms with E-state index < -0.39 is 0 Å². The second-order valence-corrected chi connectivity index (χ2v) is 4.66. The molecule has 0 aliphatic carbocycles. The Bertz CT molecular complexity index is 409. The van der Waals surface area contributed by atoms with Crippen LogP contribution >= 0.6 is 0 Å². The highest BCUT2D eigenvalue weighted by Crippen LogP contribution is 2.37. The number of benzene rings is 1. The van der Waals surface area contributed by atoms with Crippen molar-refractivity contribution in [2.75, 3.05) is 18.0 Å². The first kappa shape index (κ1) is 9.20. The monoisotopic (exact) mass is 205 g/mol. The highest BCUT2D eigenvalue weighted by atomic mass is 19.1. The number of hydrogen-bond acceptors (Lipinski definition) is 1. The third-order valence-electron chi connectivity index (χ3n) is 3.75. The fourth-order valence-corrected chi connectivity index (χ4v) is 2.98. The minimum absolute atomic E-state index is 0.00694. The molecule has 0 saturated carbocycles. The van der Waals surface area contributed by atoms with Gasteiger partial charge < -0.3 is 4.90 Å². The van der Waals surface area contributed by atoms with Gasteiger partial charge in [-0.05, 0) is 55.4 Å². The minimum Gasteiger partial charge on any atom is -0.371 e. The lowest BCUT2D eigenvalue weighted by atomic mass is 9.89. The van der Waals surface area contributed by atoms with Gasteiger partial charge in [-0.25, -0.2) is 4.39 Å². The molecule has 0 aromatic heterocycles. The van der Waals surface area contributed by atoms with Crippen molar-refractivity contribution in [3.05, 3.63) is 28.6 Å². The van der Waals surface area contributed by atoms with Crippen LogP contribution in [0.25, 0.3) is 0 Å². The van der Waals surface area contributed by atoms with Gasteiger partial charge in [0.1, 0.15) is 5.82 Å². The molecule has 0 spiro atoms. The summed E-state index contributed by atoms with van der Waals surface area (Å²) in [6, 6.07) is 1.76. The van der Waals surface area contributed by atoms with Crippen molar-refractivity contribution in [2.24, 2.45) is 0 Å². The Labute approximate surface area is 89.9 Å². The summed E-state index contributed by atoms with van der Waals surface area (Å²) >= 11 is 0. The summed E-state index contributed by atoms with van der Waals surface area (Å²) in [5, 5.41) is 0. The van der Waals surface area contributed by atoms with Gasteiger partial charge in [0.05, 0.1) is 0 Å². The number of halogens is 1. The molecule has 0 fully saturated rings. The topological polar surface area (TPSA) is 3.24 Å². The molecule has 80 valence electrons. The molecule has 0 unspecified atom stereocenters. The number of nitrogens with zero attached hydrogens (tertiary/aromatic N) is 1. The average molecular weight is 205 g/mol. The van der Waals surface area contributed by atoms with E-state index in [2.05, 4.69) is 4.90 Å². The molecule has 0 amide bonds. The molecular weight excluding hydrogens is 189 g/mol. The molecular formula is C13H16FN. The Morgan fingerprint density at radius 3 is 2.73 bits per heavy atom. The van der Waals surface area contributed by atoms with Crippen LogP contribution in [0, 0.1) is 12.7 Å². The maximum Gasteiger partial charge on any atom is 0.126 e. The quantitative estimate of drug-likeness (QED) is 0.629. The van der Waals surface area contributed by atoms with Crippen LogP contribution in [-0.4, -0.2) is 13.1 Å². The van der Waals surface area contributed by atoms with Crippen molar-refractivity contribution in [1.29, 1.82) is 0 Å². The Kier molecular flexibility index (Phi) is 1.98. The van der Waals surface area contributed by atoms with Crippen LogP contribution in [0.1, 0.15) is 29.5 Å². The van der Waals surface area contributed by atoms with Crippen molar-refractivity contribution >= 4 is 5.69 Å². The molecule has 2 heterocycles. The van der Waals surface area contributed by atoms with Gasteiger partial charge in [0.15, 0.2) is 0 Å². The van der Waals surface area contributed by atoms with E-state index in [1.807, 2.05) is 6.92 Å². The van der Waals surface area contributed by atoms with E-state index in [4.69, 9.17) is 0 Å². The van der Waals surface area contributed by atoms with Crippen LogP contribution in [0.2, 0.25) is 0 Å². The molecule has 1 aromatic carbocycles. The summed E-state index contributed by atoms with van der Waals surface area (Å²) in [5.41, 5.74) is 4.75. The van der Waals surface area contributed by atoms with E-state index >= 15 is 0 Å². The Morgan fingerprint density at radius 1 is 1.20 bits per heavy atom. The van der Waals surface area contributed by atoms with E-state index in [9.17, 15) is 4.39 Å². The summed E-state index contributed by atoms with van der Waals surface area (Å²) in [6.45, 7) is 4.24. The molecule has 1 aromatic rings. The first-order valence-electron chi connectivity index (χ1n) is 5.83. The van der Waals surface area contributed by atoms with Gasteiger partial charge in [0.2, 0.25) is 0 Å². The third kappa shape index (κ3) is 1.27. The lowest BCUT2D eigenvalue weighted by Gasteiger charge is -2.37. The van der Waals surface area contributed by atoms with Crippen LogP contribution < -0.4 is 4.90 Å². The SMILES string of the molecule is Cc1c(F)cc2c3c1CCCN3CCC2. The Morgan fingerprint density at radius 2 is 1.93 bits per heavy atom. The molecule has 0 bridgehead atoms. The first-order valence-corrected chi connectivity index (χ1v) is 5.83. The summed E-state index contributed by atoms with van der Waals surface area (Å²) in [7, 11) is 0. The summed E-state index contributed by atoms with van der Waals surface area (Å²) in [4.78, 5) is 2.45. The third-order valence-corrected chi connectivity index (χ3v) is 3.75. The predicted molar refractivity (Wildman–Crippen MR) is 60.0 cm³/mol. The largest absolute Gasteiger partial charge is 0.371 e. The normalized spacial score (nSPS) is 18.9. The van der Waals surface area contributed by atoms with E-state index in [0.717, 1.165) is 31.5 Å². The maximum atomic E-state index is 13.7. The molecule has 2 aliphatic heterocycles. The molecule has 0 radical (unpaired) electrons. The van der Waals surface area contributed by atoms with E-state index in [1.165, 1.54) is 29.7 Å². The van der Waals surface area contributed by atoms with E-state index in [0.29, 0.717) is 0 Å². The molecule has 0 N–H and O–H groups in total. The van der Waals surface area contributed by atoms with Crippen molar-refractivity contribution < 1.29 is 4.39 Å². The van der Waals surface area contributed by atoms with Crippen LogP contribution in [-0.2, 0) is 12.8 Å². The standard InChI is InChI=1S/C13H16FN/c1-9-11-5-3-7-15-6-2-4-10(13(11)15)8-12(9)14/h8H,2-7H2,1H3. The van der Waals surface area contributed by atoms with E-state index in [-0.39, 0.29) is 5.82 Å². The molecule has 1 nitrogen and oxygen atoms in total. The molecule has 0 atom stereocenters. The number of anilines is 1. The second-order valence-electron chi connectivity index (χ2n) is 4.66. The zero-order valence-electron chi connectivity index (χ0n) is 9.15. The number of hydrogen-bond donors (Lipinski definition) is 0. The molecule has 3 rings (SSSR count). The lowest BCUT2D eigenvalue weighted by molar-refractivity contribution is 0.587. The van der Waals surface area contributed by atoms with E-state index in [1.54, 1.807) is 6.07 Å². The highest BCUT2D eigenvalue weighted by molar-refractivity contribution is 5.65. The van der Waals surface area contributed by atoms with Gasteiger partial charge in [0, 0.05) is 18.8 Å². The Hall–Kier alpha value is -1.05. The smallest absolute Gasteiger partial charge is 0.126 e. The van der Waals surface area contributed by atoms with Gasteiger partial charge in [-0.1, -0.05) is 0 Å². The predicted octanol–water partition coefficient (Wildman–Crippen LogP) is 2.83. The van der Waals surface area contributed by atoms with Crippen molar-refractivity contribution in [2.45, 2.75) is 32.6 Å². The van der Waals surface area contributed by atoms with Crippen molar-refractivity contribution in [3.8, 4) is 0 Å². The van der Waals surface area contributed by atoms with Crippen LogP contribution in [0.4, 0.5) is 10.1 Å². The second kappa shape index (κ2) is 3.22. The average Bonchev–Trinajstić information content (AvgIpc) is 2.26. The zero-order chi connectivity index (χ0) is 10.4. The fourth-order valence-electron chi connectivity index (χ4n) is 2.98. The molecule has 2 aliphatic rings. The molecule has 2 heteroatoms.